The summed E-state index contributed by atoms with van der Waals surface area (Å²) in [6.07, 6.45) is -0.677. The zero-order valence-electron chi connectivity index (χ0n) is 10.9. The smallest absolute Gasteiger partial charge is 0.318 e. The predicted octanol–water partition coefficient (Wildman–Crippen LogP) is 0.350. The van der Waals surface area contributed by atoms with Gasteiger partial charge in [-0.25, -0.2) is 4.79 Å². The van der Waals surface area contributed by atoms with E-state index < -0.39 is 6.10 Å². The third-order valence-corrected chi connectivity index (χ3v) is 2.43. The molecule has 19 heavy (non-hydrogen) atoms. The van der Waals surface area contributed by atoms with Crippen molar-refractivity contribution >= 4 is 23.3 Å². The van der Waals surface area contributed by atoms with Crippen molar-refractivity contribution in [3.63, 3.8) is 0 Å². The number of carbonyl (C=O) groups is 2. The maximum atomic E-state index is 11.7. The van der Waals surface area contributed by atoms with E-state index in [0.717, 1.165) is 0 Å². The van der Waals surface area contributed by atoms with Gasteiger partial charge in [0.2, 0.25) is 0 Å². The molecule has 0 aliphatic rings. The van der Waals surface area contributed by atoms with Gasteiger partial charge in [-0.2, -0.15) is 0 Å². The van der Waals surface area contributed by atoms with Crippen LogP contribution in [0.25, 0.3) is 0 Å². The highest BCUT2D eigenvalue weighted by Crippen LogP contribution is 2.13. The fourth-order valence-electron chi connectivity index (χ4n) is 1.36. The molecule has 0 saturated carbocycles. The van der Waals surface area contributed by atoms with Crippen molar-refractivity contribution in [2.75, 3.05) is 31.3 Å². The Balaban J connectivity index is 2.61. The van der Waals surface area contributed by atoms with Crippen molar-refractivity contribution in [2.24, 2.45) is 5.73 Å². The lowest BCUT2D eigenvalue weighted by molar-refractivity contribution is -0.125. The van der Waals surface area contributed by atoms with Gasteiger partial charge in [-0.1, -0.05) is 0 Å². The van der Waals surface area contributed by atoms with E-state index in [1.165, 1.54) is 14.2 Å². The van der Waals surface area contributed by atoms with Crippen LogP contribution < -0.4 is 21.7 Å². The van der Waals surface area contributed by atoms with Gasteiger partial charge in [0.05, 0.1) is 0 Å². The fraction of sp³-hybridized carbons (Fsp3) is 0.333. The second kappa shape index (κ2) is 7.34. The second-order valence-electron chi connectivity index (χ2n) is 3.73. The van der Waals surface area contributed by atoms with E-state index in [1.807, 2.05) is 0 Å². The van der Waals surface area contributed by atoms with Gasteiger partial charge in [0.15, 0.2) is 0 Å². The molecule has 1 rings (SSSR count). The summed E-state index contributed by atoms with van der Waals surface area (Å²) < 4.78 is 4.92. The highest BCUT2D eigenvalue weighted by Gasteiger charge is 2.15. The molecule has 5 N–H and O–H groups in total. The lowest BCUT2D eigenvalue weighted by atomic mass is 10.2. The molecule has 1 unspecified atom stereocenters. The molecule has 3 amide bonds. The summed E-state index contributed by atoms with van der Waals surface area (Å²) in [5.41, 5.74) is 6.62. The Hall–Kier alpha value is -2.12. The highest BCUT2D eigenvalue weighted by molar-refractivity contribution is 5.95. The number of carbonyl (C=O) groups excluding carboxylic acids is 2. The number of hydrogen-bond acceptors (Lipinski definition) is 4. The summed E-state index contributed by atoms with van der Waals surface area (Å²) in [6, 6.07) is 6.39. The Morgan fingerprint density at radius 3 is 2.16 bits per heavy atom. The summed E-state index contributed by atoms with van der Waals surface area (Å²) in [6.45, 7) is 0.110. The minimum Gasteiger partial charge on any atom is -0.370 e. The van der Waals surface area contributed by atoms with Crippen LogP contribution in [-0.2, 0) is 9.53 Å². The van der Waals surface area contributed by atoms with Crippen molar-refractivity contribution in [3.8, 4) is 0 Å². The molecule has 0 aromatic heterocycles. The van der Waals surface area contributed by atoms with E-state index in [1.54, 1.807) is 24.3 Å². The molecule has 0 heterocycles. The van der Waals surface area contributed by atoms with Crippen LogP contribution in [0.15, 0.2) is 24.3 Å². The van der Waals surface area contributed by atoms with Gasteiger partial charge >= 0.3 is 6.03 Å². The number of ether oxygens (including phenoxy) is 1. The number of anilines is 2. The van der Waals surface area contributed by atoms with Gasteiger partial charge in [0.25, 0.3) is 5.91 Å². The number of amides is 3. The maximum absolute atomic E-state index is 11.7. The molecule has 0 fully saturated rings. The van der Waals surface area contributed by atoms with E-state index in [4.69, 9.17) is 10.5 Å². The van der Waals surface area contributed by atoms with Gasteiger partial charge in [0, 0.05) is 32.1 Å². The number of methoxy groups -OCH3 is 1. The van der Waals surface area contributed by atoms with Crippen LogP contribution in [0.5, 0.6) is 0 Å². The predicted molar refractivity (Wildman–Crippen MR) is 73.0 cm³/mol. The number of rotatable bonds is 5. The standard InChI is InChI=1S/C12H18N4O3/c1-14-12(18)16-9-5-3-8(4-6-9)15-11(17)10(7-13)19-2/h3-6,10H,7,13H2,1-2H3,(H,15,17)(H2,14,16,18). The zero-order valence-corrected chi connectivity index (χ0v) is 10.9. The average molecular weight is 266 g/mol. The molecule has 7 nitrogen and oxygen atoms in total. The van der Waals surface area contributed by atoms with Crippen molar-refractivity contribution < 1.29 is 14.3 Å². The molecule has 0 saturated heterocycles. The minimum atomic E-state index is -0.677. The van der Waals surface area contributed by atoms with Crippen LogP contribution in [0.1, 0.15) is 0 Å². The molecular weight excluding hydrogens is 248 g/mol. The molecule has 0 bridgehead atoms. The van der Waals surface area contributed by atoms with E-state index >= 15 is 0 Å². The number of urea groups is 1. The minimum absolute atomic E-state index is 0.110. The maximum Gasteiger partial charge on any atom is 0.318 e. The van der Waals surface area contributed by atoms with Gasteiger partial charge in [0.1, 0.15) is 6.10 Å². The molecule has 0 radical (unpaired) electrons. The van der Waals surface area contributed by atoms with E-state index in [0.29, 0.717) is 11.4 Å². The van der Waals surface area contributed by atoms with Crippen LogP contribution in [-0.4, -0.2) is 38.7 Å². The molecule has 0 aliphatic heterocycles. The Labute approximate surface area is 111 Å². The van der Waals surface area contributed by atoms with E-state index in [-0.39, 0.29) is 18.5 Å². The molecule has 0 aliphatic carbocycles. The first-order valence-corrected chi connectivity index (χ1v) is 5.73. The third-order valence-electron chi connectivity index (χ3n) is 2.43. The van der Waals surface area contributed by atoms with Gasteiger partial charge < -0.3 is 26.4 Å². The first-order valence-electron chi connectivity index (χ1n) is 5.73. The molecule has 1 aromatic rings. The molecule has 1 aromatic carbocycles. The fourth-order valence-corrected chi connectivity index (χ4v) is 1.36. The Kier molecular flexibility index (Phi) is 5.77. The molecule has 0 spiro atoms. The number of nitrogens with one attached hydrogen (secondary N) is 3. The Morgan fingerprint density at radius 2 is 1.74 bits per heavy atom. The molecule has 104 valence electrons. The second-order valence-corrected chi connectivity index (χ2v) is 3.73. The first kappa shape index (κ1) is 14.9. The van der Waals surface area contributed by atoms with Crippen molar-refractivity contribution in [1.82, 2.24) is 5.32 Å². The third kappa shape index (κ3) is 4.57. The van der Waals surface area contributed by atoms with E-state index in [2.05, 4.69) is 16.0 Å². The Morgan fingerprint density at radius 1 is 1.21 bits per heavy atom. The summed E-state index contributed by atoms with van der Waals surface area (Å²) in [5, 5.41) is 7.72. The lowest BCUT2D eigenvalue weighted by Crippen LogP contribution is -2.35. The van der Waals surface area contributed by atoms with Crippen LogP contribution in [0.2, 0.25) is 0 Å². The summed E-state index contributed by atoms with van der Waals surface area (Å²) >= 11 is 0. The Bertz CT molecular complexity index is 429. The monoisotopic (exact) mass is 266 g/mol. The first-order chi connectivity index (χ1) is 9.10. The van der Waals surface area contributed by atoms with Crippen LogP contribution in [0.4, 0.5) is 16.2 Å². The van der Waals surface area contributed by atoms with Gasteiger partial charge in [-0.05, 0) is 24.3 Å². The number of nitrogens with two attached hydrogens (primary N) is 1. The SMILES string of the molecule is CNC(=O)Nc1ccc(NC(=O)C(CN)OC)cc1. The van der Waals surface area contributed by atoms with Crippen LogP contribution >= 0.6 is 0 Å². The summed E-state index contributed by atoms with van der Waals surface area (Å²) in [5.74, 6) is -0.308. The number of benzene rings is 1. The molecule has 1 atom stereocenters. The van der Waals surface area contributed by atoms with Gasteiger partial charge in [-0.3, -0.25) is 4.79 Å². The summed E-state index contributed by atoms with van der Waals surface area (Å²) in [4.78, 5) is 22.8. The normalized spacial score (nSPS) is 11.5. The number of hydrogen-bond donors (Lipinski definition) is 4. The molecule has 7 heteroatoms. The van der Waals surface area contributed by atoms with Crippen LogP contribution in [0, 0.1) is 0 Å². The van der Waals surface area contributed by atoms with Gasteiger partial charge in [-0.15, -0.1) is 0 Å². The average Bonchev–Trinajstić information content (AvgIpc) is 2.42. The van der Waals surface area contributed by atoms with Crippen molar-refractivity contribution in [2.45, 2.75) is 6.10 Å². The zero-order chi connectivity index (χ0) is 14.3. The summed E-state index contributed by atoms with van der Waals surface area (Å²) in [7, 11) is 2.95. The molecular formula is C12H18N4O3. The van der Waals surface area contributed by atoms with Crippen molar-refractivity contribution in [3.05, 3.63) is 24.3 Å². The topological polar surface area (TPSA) is 105 Å². The highest BCUT2D eigenvalue weighted by atomic mass is 16.5. The van der Waals surface area contributed by atoms with E-state index in [9.17, 15) is 9.59 Å². The largest absolute Gasteiger partial charge is 0.370 e. The quantitative estimate of drug-likeness (QED) is 0.617. The lowest BCUT2D eigenvalue weighted by Gasteiger charge is -2.13. The van der Waals surface area contributed by atoms with Crippen LogP contribution in [0.3, 0.4) is 0 Å². The van der Waals surface area contributed by atoms with Crippen molar-refractivity contribution in [1.29, 1.82) is 0 Å².